The average Bonchev–Trinajstić information content (AvgIpc) is 2.55. The first-order valence-corrected chi connectivity index (χ1v) is 7.89. The van der Waals surface area contributed by atoms with Crippen molar-refractivity contribution in [2.75, 3.05) is 5.32 Å². The molecule has 0 heterocycles. The highest BCUT2D eigenvalue weighted by molar-refractivity contribution is 6.34. The van der Waals surface area contributed by atoms with Crippen molar-refractivity contribution in [1.82, 2.24) is 0 Å². The molecule has 2 aromatic rings. The maximum Gasteiger partial charge on any atom is 0.257 e. The molecule has 0 spiro atoms. The van der Waals surface area contributed by atoms with Crippen LogP contribution in [0.2, 0.25) is 5.02 Å². The summed E-state index contributed by atoms with van der Waals surface area (Å²) in [4.78, 5) is 23.9. The lowest BCUT2D eigenvalue weighted by Gasteiger charge is -2.24. The Morgan fingerprint density at radius 2 is 2.04 bits per heavy atom. The number of benzene rings is 2. The number of hydrogen-bond donors (Lipinski definition) is 2. The van der Waals surface area contributed by atoms with Gasteiger partial charge in [0.05, 0.1) is 16.3 Å². The average molecular weight is 329 g/mol. The van der Waals surface area contributed by atoms with Crippen molar-refractivity contribution in [3.05, 3.63) is 63.7 Å². The summed E-state index contributed by atoms with van der Waals surface area (Å²) in [6.07, 6.45) is 3.16. The molecule has 0 radical (unpaired) electrons. The van der Waals surface area contributed by atoms with Crippen LogP contribution in [0.4, 0.5) is 5.69 Å². The highest BCUT2D eigenvalue weighted by Crippen LogP contribution is 2.29. The molecule has 1 amide bonds. The lowest BCUT2D eigenvalue weighted by Crippen LogP contribution is -2.28. The predicted molar refractivity (Wildman–Crippen MR) is 91.2 cm³/mol. The normalized spacial score (nSPS) is 16.5. The fourth-order valence-corrected chi connectivity index (χ4v) is 3.21. The van der Waals surface area contributed by atoms with Crippen LogP contribution < -0.4 is 11.1 Å². The fraction of sp³-hybridized carbons (Fsp3) is 0.222. The zero-order valence-electron chi connectivity index (χ0n) is 12.5. The number of aldehydes is 1. The Bertz CT molecular complexity index is 774. The maximum atomic E-state index is 12.4. The highest BCUT2D eigenvalue weighted by Gasteiger charge is 2.21. The molecule has 3 N–H and O–H groups in total. The molecule has 0 bridgehead atoms. The summed E-state index contributed by atoms with van der Waals surface area (Å²) in [6, 6.07) is 10.6. The van der Waals surface area contributed by atoms with E-state index in [4.69, 9.17) is 17.3 Å². The van der Waals surface area contributed by atoms with Gasteiger partial charge in [0.25, 0.3) is 5.91 Å². The van der Waals surface area contributed by atoms with Gasteiger partial charge in [0.2, 0.25) is 0 Å². The molecule has 1 aliphatic rings. The smallest absolute Gasteiger partial charge is 0.257 e. The minimum atomic E-state index is -0.328. The SMILES string of the molecule is N[C@@H]1CCc2c(ccc(NC(=O)c3ccccc3Cl)c2C=O)C1. The van der Waals surface area contributed by atoms with Gasteiger partial charge in [0.15, 0.2) is 6.29 Å². The Labute approximate surface area is 139 Å². The molecule has 0 fully saturated rings. The van der Waals surface area contributed by atoms with Crippen molar-refractivity contribution in [3.8, 4) is 0 Å². The second kappa shape index (κ2) is 6.52. The van der Waals surface area contributed by atoms with Crippen molar-refractivity contribution in [2.24, 2.45) is 5.73 Å². The Hall–Kier alpha value is -2.17. The molecule has 0 aliphatic heterocycles. The number of halogens is 1. The zero-order chi connectivity index (χ0) is 16.4. The molecule has 1 aliphatic carbocycles. The minimum Gasteiger partial charge on any atom is -0.327 e. The van der Waals surface area contributed by atoms with Gasteiger partial charge in [-0.25, -0.2) is 0 Å². The van der Waals surface area contributed by atoms with Gasteiger partial charge in [-0.1, -0.05) is 29.8 Å². The Kier molecular flexibility index (Phi) is 4.46. The quantitative estimate of drug-likeness (QED) is 0.850. The summed E-state index contributed by atoms with van der Waals surface area (Å²) >= 11 is 6.05. The number of anilines is 1. The summed E-state index contributed by atoms with van der Waals surface area (Å²) < 4.78 is 0. The number of carbonyl (C=O) groups excluding carboxylic acids is 2. The summed E-state index contributed by atoms with van der Waals surface area (Å²) in [6.45, 7) is 0. The van der Waals surface area contributed by atoms with E-state index in [0.717, 1.165) is 36.7 Å². The Morgan fingerprint density at radius 3 is 2.78 bits per heavy atom. The summed E-state index contributed by atoms with van der Waals surface area (Å²) in [5, 5.41) is 3.17. The molecule has 0 saturated heterocycles. The first kappa shape index (κ1) is 15.7. The Balaban J connectivity index is 1.93. The van der Waals surface area contributed by atoms with Crippen LogP contribution in [0.15, 0.2) is 36.4 Å². The molecular weight excluding hydrogens is 312 g/mol. The highest BCUT2D eigenvalue weighted by atomic mass is 35.5. The van der Waals surface area contributed by atoms with Crippen LogP contribution >= 0.6 is 11.6 Å². The van der Waals surface area contributed by atoms with E-state index in [2.05, 4.69) is 5.32 Å². The van der Waals surface area contributed by atoms with E-state index in [0.29, 0.717) is 21.8 Å². The number of amides is 1. The molecule has 1 atom stereocenters. The third kappa shape index (κ3) is 3.14. The number of hydrogen-bond acceptors (Lipinski definition) is 3. The van der Waals surface area contributed by atoms with Crippen molar-refractivity contribution < 1.29 is 9.59 Å². The lowest BCUT2D eigenvalue weighted by atomic mass is 9.85. The lowest BCUT2D eigenvalue weighted by molar-refractivity contribution is 0.102. The van der Waals surface area contributed by atoms with Gasteiger partial charge in [-0.2, -0.15) is 0 Å². The molecule has 2 aromatic carbocycles. The fourth-order valence-electron chi connectivity index (χ4n) is 2.99. The van der Waals surface area contributed by atoms with E-state index in [1.807, 2.05) is 6.07 Å². The van der Waals surface area contributed by atoms with Gasteiger partial charge >= 0.3 is 0 Å². The maximum absolute atomic E-state index is 12.4. The van der Waals surface area contributed by atoms with Crippen molar-refractivity contribution >= 4 is 29.5 Å². The first-order chi connectivity index (χ1) is 11.1. The van der Waals surface area contributed by atoms with Crippen LogP contribution in [0.3, 0.4) is 0 Å². The Morgan fingerprint density at radius 1 is 1.26 bits per heavy atom. The van der Waals surface area contributed by atoms with Gasteiger partial charge in [0.1, 0.15) is 0 Å². The third-order valence-corrected chi connectivity index (χ3v) is 4.52. The van der Waals surface area contributed by atoms with Crippen LogP contribution in [0, 0.1) is 0 Å². The van der Waals surface area contributed by atoms with E-state index in [1.165, 1.54) is 0 Å². The molecule has 5 heteroatoms. The zero-order valence-corrected chi connectivity index (χ0v) is 13.3. The van der Waals surface area contributed by atoms with Crippen molar-refractivity contribution in [3.63, 3.8) is 0 Å². The second-order valence-electron chi connectivity index (χ2n) is 5.72. The second-order valence-corrected chi connectivity index (χ2v) is 6.13. The number of fused-ring (bicyclic) bond motifs is 1. The van der Waals surface area contributed by atoms with Crippen molar-refractivity contribution in [1.29, 1.82) is 0 Å². The van der Waals surface area contributed by atoms with E-state index < -0.39 is 0 Å². The number of nitrogens with two attached hydrogens (primary N) is 1. The van der Waals surface area contributed by atoms with Gasteiger partial charge in [0, 0.05) is 11.6 Å². The standard InChI is InChI=1S/C18H17ClN2O2/c19-16-4-2-1-3-14(16)18(23)21-17-8-5-11-9-12(20)6-7-13(11)15(17)10-22/h1-5,8,10,12H,6-7,9,20H2,(H,21,23)/t12-/m1/s1. The van der Waals surface area contributed by atoms with Gasteiger partial charge in [-0.15, -0.1) is 0 Å². The topological polar surface area (TPSA) is 72.2 Å². The number of rotatable bonds is 3. The van der Waals surface area contributed by atoms with Crippen LogP contribution in [-0.2, 0) is 12.8 Å². The van der Waals surface area contributed by atoms with E-state index in [-0.39, 0.29) is 11.9 Å². The summed E-state index contributed by atoms with van der Waals surface area (Å²) in [5.74, 6) is -0.328. The van der Waals surface area contributed by atoms with E-state index in [9.17, 15) is 9.59 Å². The van der Waals surface area contributed by atoms with Crippen LogP contribution in [0.25, 0.3) is 0 Å². The van der Waals surface area contributed by atoms with Crippen LogP contribution in [0.1, 0.15) is 38.3 Å². The van der Waals surface area contributed by atoms with E-state index in [1.54, 1.807) is 30.3 Å². The van der Waals surface area contributed by atoms with Crippen molar-refractivity contribution in [2.45, 2.75) is 25.3 Å². The largest absolute Gasteiger partial charge is 0.327 e. The number of carbonyl (C=O) groups is 2. The summed E-state index contributed by atoms with van der Waals surface area (Å²) in [5.41, 5.74) is 9.48. The van der Waals surface area contributed by atoms with E-state index >= 15 is 0 Å². The first-order valence-electron chi connectivity index (χ1n) is 7.51. The monoisotopic (exact) mass is 328 g/mol. The molecule has 0 saturated carbocycles. The van der Waals surface area contributed by atoms with Crippen LogP contribution in [0.5, 0.6) is 0 Å². The summed E-state index contributed by atoms with van der Waals surface area (Å²) in [7, 11) is 0. The molecule has 23 heavy (non-hydrogen) atoms. The molecular formula is C18H17ClN2O2. The molecule has 0 aromatic heterocycles. The molecule has 118 valence electrons. The van der Waals surface area contributed by atoms with Gasteiger partial charge in [-0.05, 0) is 48.6 Å². The van der Waals surface area contributed by atoms with Gasteiger partial charge < -0.3 is 11.1 Å². The third-order valence-electron chi connectivity index (χ3n) is 4.19. The van der Waals surface area contributed by atoms with Crippen LogP contribution in [-0.4, -0.2) is 18.2 Å². The predicted octanol–water partition coefficient (Wildman–Crippen LogP) is 3.22. The molecule has 3 rings (SSSR count). The molecule has 4 nitrogen and oxygen atoms in total. The molecule has 0 unspecified atom stereocenters. The minimum absolute atomic E-state index is 0.130. The number of nitrogens with one attached hydrogen (secondary N) is 1. The van der Waals surface area contributed by atoms with Gasteiger partial charge in [-0.3, -0.25) is 9.59 Å².